The van der Waals surface area contributed by atoms with E-state index < -0.39 is 4.92 Å². The van der Waals surface area contributed by atoms with Gasteiger partial charge in [-0.05, 0) is 37.2 Å². The predicted octanol–water partition coefficient (Wildman–Crippen LogP) is 2.72. The lowest BCUT2D eigenvalue weighted by molar-refractivity contribution is -0.384. The van der Waals surface area contributed by atoms with Crippen LogP contribution in [0.4, 0.5) is 5.69 Å². The van der Waals surface area contributed by atoms with E-state index in [2.05, 4.69) is 0 Å². The zero-order valence-corrected chi connectivity index (χ0v) is 12.2. The number of nitro groups is 1. The van der Waals surface area contributed by atoms with E-state index in [9.17, 15) is 10.1 Å². The van der Waals surface area contributed by atoms with Crippen LogP contribution < -0.4 is 5.73 Å². The van der Waals surface area contributed by atoms with E-state index in [1.54, 1.807) is 12.1 Å². The molecule has 0 aliphatic carbocycles. The Balaban J connectivity index is 2.18. The van der Waals surface area contributed by atoms with Crippen LogP contribution in [0.1, 0.15) is 11.3 Å². The summed E-state index contributed by atoms with van der Waals surface area (Å²) >= 11 is 0. The highest BCUT2D eigenvalue weighted by atomic mass is 16.6. The van der Waals surface area contributed by atoms with Crippen LogP contribution in [0, 0.1) is 17.0 Å². The van der Waals surface area contributed by atoms with Crippen LogP contribution in [0.15, 0.2) is 42.6 Å². The SMILES string of the molecule is Cc1cccn2c(CCN)c(-c3ccc([N+](=O)[O-])cc3)nc12. The van der Waals surface area contributed by atoms with Gasteiger partial charge in [-0.3, -0.25) is 10.1 Å². The first-order chi connectivity index (χ1) is 10.6. The fourth-order valence-corrected chi connectivity index (χ4v) is 2.60. The molecule has 3 rings (SSSR count). The number of non-ortho nitro benzene ring substituents is 1. The minimum atomic E-state index is -0.404. The van der Waals surface area contributed by atoms with Gasteiger partial charge in [0.2, 0.25) is 0 Å². The van der Waals surface area contributed by atoms with Crippen molar-refractivity contribution in [3.05, 3.63) is 64.0 Å². The van der Waals surface area contributed by atoms with E-state index in [1.165, 1.54) is 12.1 Å². The monoisotopic (exact) mass is 296 g/mol. The number of nitro benzene ring substituents is 1. The summed E-state index contributed by atoms with van der Waals surface area (Å²) in [5.74, 6) is 0. The lowest BCUT2D eigenvalue weighted by Crippen LogP contribution is -2.06. The number of pyridine rings is 1. The molecule has 0 spiro atoms. The number of hydrogen-bond acceptors (Lipinski definition) is 4. The summed E-state index contributed by atoms with van der Waals surface area (Å²) < 4.78 is 2.04. The molecule has 0 saturated heterocycles. The highest BCUT2D eigenvalue weighted by Crippen LogP contribution is 2.27. The second kappa shape index (κ2) is 5.57. The number of fused-ring (bicyclic) bond motifs is 1. The van der Waals surface area contributed by atoms with Crippen molar-refractivity contribution in [2.75, 3.05) is 6.54 Å². The average Bonchev–Trinajstić information content (AvgIpc) is 2.88. The summed E-state index contributed by atoms with van der Waals surface area (Å²) in [6, 6.07) is 10.4. The van der Waals surface area contributed by atoms with Gasteiger partial charge in [0.05, 0.1) is 16.3 Å². The molecule has 0 amide bonds. The van der Waals surface area contributed by atoms with E-state index in [4.69, 9.17) is 10.7 Å². The normalized spacial score (nSPS) is 11.0. The van der Waals surface area contributed by atoms with Crippen LogP contribution in [0.25, 0.3) is 16.9 Å². The third-order valence-electron chi connectivity index (χ3n) is 3.68. The molecule has 0 atom stereocenters. The van der Waals surface area contributed by atoms with Crippen molar-refractivity contribution in [3.8, 4) is 11.3 Å². The Hall–Kier alpha value is -2.73. The van der Waals surface area contributed by atoms with Gasteiger partial charge in [0.15, 0.2) is 0 Å². The van der Waals surface area contributed by atoms with Crippen LogP contribution in [0.5, 0.6) is 0 Å². The predicted molar refractivity (Wildman–Crippen MR) is 84.8 cm³/mol. The molecule has 22 heavy (non-hydrogen) atoms. The summed E-state index contributed by atoms with van der Waals surface area (Å²) in [6.45, 7) is 2.52. The molecule has 0 saturated carbocycles. The molecule has 6 nitrogen and oxygen atoms in total. The summed E-state index contributed by atoms with van der Waals surface area (Å²) in [5, 5.41) is 10.8. The van der Waals surface area contributed by atoms with Crippen molar-refractivity contribution in [2.24, 2.45) is 5.73 Å². The molecule has 2 heterocycles. The van der Waals surface area contributed by atoms with Crippen molar-refractivity contribution in [1.82, 2.24) is 9.38 Å². The maximum absolute atomic E-state index is 10.8. The van der Waals surface area contributed by atoms with Crippen LogP contribution in [0.2, 0.25) is 0 Å². The first-order valence-electron chi connectivity index (χ1n) is 7.03. The summed E-state index contributed by atoms with van der Waals surface area (Å²) in [6.07, 6.45) is 2.66. The van der Waals surface area contributed by atoms with Crippen LogP contribution in [-0.4, -0.2) is 20.9 Å². The molecule has 2 aromatic heterocycles. The van der Waals surface area contributed by atoms with E-state index in [0.29, 0.717) is 13.0 Å². The maximum Gasteiger partial charge on any atom is 0.269 e. The smallest absolute Gasteiger partial charge is 0.269 e. The van der Waals surface area contributed by atoms with Crippen molar-refractivity contribution in [3.63, 3.8) is 0 Å². The molecule has 0 radical (unpaired) electrons. The fraction of sp³-hybridized carbons (Fsp3) is 0.188. The lowest BCUT2D eigenvalue weighted by atomic mass is 10.1. The number of aryl methyl sites for hydroxylation is 1. The van der Waals surface area contributed by atoms with Crippen molar-refractivity contribution in [1.29, 1.82) is 0 Å². The van der Waals surface area contributed by atoms with Gasteiger partial charge in [-0.25, -0.2) is 4.98 Å². The maximum atomic E-state index is 10.8. The second-order valence-corrected chi connectivity index (χ2v) is 5.13. The van der Waals surface area contributed by atoms with Crippen molar-refractivity contribution >= 4 is 11.3 Å². The molecule has 0 aliphatic rings. The molecule has 0 aliphatic heterocycles. The average molecular weight is 296 g/mol. The van der Waals surface area contributed by atoms with Gasteiger partial charge < -0.3 is 10.1 Å². The first kappa shape index (κ1) is 14.2. The first-order valence-corrected chi connectivity index (χ1v) is 7.03. The topological polar surface area (TPSA) is 86.5 Å². The summed E-state index contributed by atoms with van der Waals surface area (Å²) in [7, 11) is 0. The van der Waals surface area contributed by atoms with Gasteiger partial charge in [0.25, 0.3) is 5.69 Å². The third kappa shape index (κ3) is 2.33. The second-order valence-electron chi connectivity index (χ2n) is 5.13. The molecule has 112 valence electrons. The summed E-state index contributed by atoms with van der Waals surface area (Å²) in [5.41, 5.74) is 10.5. The van der Waals surface area contributed by atoms with Crippen LogP contribution in [-0.2, 0) is 6.42 Å². The van der Waals surface area contributed by atoms with Gasteiger partial charge in [-0.15, -0.1) is 0 Å². The Bertz CT molecular complexity index is 837. The minimum Gasteiger partial charge on any atom is -0.330 e. The number of nitrogens with two attached hydrogens (primary N) is 1. The lowest BCUT2D eigenvalue weighted by Gasteiger charge is -2.04. The number of benzene rings is 1. The molecule has 3 aromatic rings. The minimum absolute atomic E-state index is 0.0732. The Morgan fingerprint density at radius 2 is 2.00 bits per heavy atom. The number of aromatic nitrogens is 2. The number of nitrogens with zero attached hydrogens (tertiary/aromatic N) is 3. The Labute approximate surface area is 127 Å². The zero-order chi connectivity index (χ0) is 15.7. The van der Waals surface area contributed by atoms with E-state index in [0.717, 1.165) is 28.2 Å². The highest BCUT2D eigenvalue weighted by molar-refractivity contribution is 5.69. The van der Waals surface area contributed by atoms with Gasteiger partial charge in [0, 0.05) is 30.3 Å². The van der Waals surface area contributed by atoms with Crippen LogP contribution in [0.3, 0.4) is 0 Å². The van der Waals surface area contributed by atoms with Gasteiger partial charge in [-0.1, -0.05) is 6.07 Å². The van der Waals surface area contributed by atoms with Gasteiger partial charge >= 0.3 is 0 Å². The quantitative estimate of drug-likeness (QED) is 0.592. The molecule has 6 heteroatoms. The van der Waals surface area contributed by atoms with E-state index in [1.807, 2.05) is 29.7 Å². The molecule has 1 aromatic carbocycles. The number of imidazole rings is 1. The molecule has 0 bridgehead atoms. The Morgan fingerprint density at radius 3 is 2.64 bits per heavy atom. The molecular formula is C16H16N4O2. The zero-order valence-electron chi connectivity index (χ0n) is 12.2. The number of hydrogen-bond donors (Lipinski definition) is 1. The molecular weight excluding hydrogens is 280 g/mol. The summed E-state index contributed by atoms with van der Waals surface area (Å²) in [4.78, 5) is 15.1. The third-order valence-corrected chi connectivity index (χ3v) is 3.68. The van der Waals surface area contributed by atoms with E-state index in [-0.39, 0.29) is 5.69 Å². The van der Waals surface area contributed by atoms with Crippen molar-refractivity contribution < 1.29 is 4.92 Å². The molecule has 0 unspecified atom stereocenters. The fourth-order valence-electron chi connectivity index (χ4n) is 2.60. The van der Waals surface area contributed by atoms with Crippen molar-refractivity contribution in [2.45, 2.75) is 13.3 Å². The van der Waals surface area contributed by atoms with E-state index >= 15 is 0 Å². The standard InChI is InChI=1S/C16H16N4O2/c1-11-3-2-10-19-14(8-9-17)15(18-16(11)19)12-4-6-13(7-5-12)20(21)22/h2-7,10H,8-9,17H2,1H3. The van der Waals surface area contributed by atoms with Crippen LogP contribution >= 0.6 is 0 Å². The Kier molecular flexibility index (Phi) is 3.60. The Morgan fingerprint density at radius 1 is 1.27 bits per heavy atom. The van der Waals surface area contributed by atoms with Gasteiger partial charge in [-0.2, -0.15) is 0 Å². The molecule has 2 N–H and O–H groups in total. The van der Waals surface area contributed by atoms with Gasteiger partial charge in [0.1, 0.15) is 5.65 Å². The number of rotatable bonds is 4. The molecule has 0 fully saturated rings. The largest absolute Gasteiger partial charge is 0.330 e. The highest BCUT2D eigenvalue weighted by Gasteiger charge is 2.15.